The molecular formula is C23H19BrClNO3. The van der Waals surface area contributed by atoms with Crippen LogP contribution in [0.25, 0.3) is 11.1 Å². The number of rotatable bonds is 6. The van der Waals surface area contributed by atoms with E-state index >= 15 is 0 Å². The Bertz CT molecular complexity index is 1010. The number of amides is 1. The smallest absolute Gasteiger partial charge is 0.328 e. The third-order valence-electron chi connectivity index (χ3n) is 4.48. The summed E-state index contributed by atoms with van der Waals surface area (Å²) in [6.07, 6.45) is 0.252. The molecule has 0 spiro atoms. The fourth-order valence-electron chi connectivity index (χ4n) is 2.94. The maximum Gasteiger partial charge on any atom is 0.328 e. The molecule has 3 rings (SSSR count). The summed E-state index contributed by atoms with van der Waals surface area (Å²) < 4.78 is 5.67. The predicted molar refractivity (Wildman–Crippen MR) is 118 cm³/mol. The van der Waals surface area contributed by atoms with Crippen molar-refractivity contribution >= 4 is 39.4 Å². The zero-order valence-corrected chi connectivity index (χ0v) is 18.0. The Kier molecular flexibility index (Phi) is 7.07. The van der Waals surface area contributed by atoms with Gasteiger partial charge in [-0.25, -0.2) is 4.79 Å². The van der Waals surface area contributed by atoms with E-state index in [0.717, 1.165) is 21.2 Å². The maximum absolute atomic E-state index is 12.7. The number of carbonyl (C=O) groups is 2. The summed E-state index contributed by atoms with van der Waals surface area (Å²) in [7, 11) is 1.29. The van der Waals surface area contributed by atoms with Crippen molar-refractivity contribution in [1.29, 1.82) is 0 Å². The normalized spacial score (nSPS) is 11.6. The van der Waals surface area contributed by atoms with Crippen LogP contribution in [0.3, 0.4) is 0 Å². The Morgan fingerprint density at radius 2 is 1.66 bits per heavy atom. The molecule has 0 heterocycles. The minimum absolute atomic E-state index is 0.252. The van der Waals surface area contributed by atoms with Crippen molar-refractivity contribution in [1.82, 2.24) is 5.32 Å². The Morgan fingerprint density at radius 1 is 1.00 bits per heavy atom. The van der Waals surface area contributed by atoms with Gasteiger partial charge in [0.1, 0.15) is 6.04 Å². The largest absolute Gasteiger partial charge is 0.467 e. The van der Waals surface area contributed by atoms with Crippen molar-refractivity contribution in [3.63, 3.8) is 0 Å². The number of esters is 1. The van der Waals surface area contributed by atoms with Gasteiger partial charge in [-0.1, -0.05) is 70.0 Å². The number of halogens is 2. The molecule has 0 aliphatic rings. The van der Waals surface area contributed by atoms with Gasteiger partial charge in [0.2, 0.25) is 0 Å². The van der Waals surface area contributed by atoms with Gasteiger partial charge in [0.05, 0.1) is 7.11 Å². The molecule has 0 radical (unpaired) electrons. The fraction of sp³-hybridized carbons (Fsp3) is 0.130. The van der Waals surface area contributed by atoms with Gasteiger partial charge in [-0.05, 0) is 47.0 Å². The molecule has 1 atom stereocenters. The zero-order chi connectivity index (χ0) is 20.8. The van der Waals surface area contributed by atoms with E-state index in [4.69, 9.17) is 16.3 Å². The molecule has 4 nitrogen and oxygen atoms in total. The first-order valence-electron chi connectivity index (χ1n) is 8.96. The molecule has 0 saturated carbocycles. The second-order valence-corrected chi connectivity index (χ2v) is 7.72. The van der Waals surface area contributed by atoms with E-state index in [1.165, 1.54) is 7.11 Å². The second-order valence-electron chi connectivity index (χ2n) is 6.43. The van der Waals surface area contributed by atoms with E-state index in [-0.39, 0.29) is 12.3 Å². The lowest BCUT2D eigenvalue weighted by molar-refractivity contribution is -0.142. The molecule has 1 amide bonds. The summed E-state index contributed by atoms with van der Waals surface area (Å²) in [5.74, 6) is -0.871. The van der Waals surface area contributed by atoms with Crippen molar-refractivity contribution < 1.29 is 14.3 Å². The van der Waals surface area contributed by atoms with E-state index in [9.17, 15) is 9.59 Å². The fourth-order valence-corrected chi connectivity index (χ4v) is 3.54. The Balaban J connectivity index is 1.76. The number of ether oxygens (including phenoxy) is 1. The van der Waals surface area contributed by atoms with Crippen molar-refractivity contribution in [2.24, 2.45) is 0 Å². The third kappa shape index (κ3) is 5.46. The average Bonchev–Trinajstić information content (AvgIpc) is 2.75. The number of hydrogen-bond donors (Lipinski definition) is 1. The molecule has 0 aromatic heterocycles. The quantitative estimate of drug-likeness (QED) is 0.496. The van der Waals surface area contributed by atoms with Crippen LogP contribution in [0.15, 0.2) is 77.3 Å². The van der Waals surface area contributed by atoms with Crippen LogP contribution in [-0.4, -0.2) is 25.0 Å². The zero-order valence-electron chi connectivity index (χ0n) is 15.7. The lowest BCUT2D eigenvalue weighted by atomic mass is 10.0. The maximum atomic E-state index is 12.7. The standard InChI is InChI=1S/C23H19BrClNO3/c1-29-23(28)21(14-18-13-19(25)11-12-20(18)24)26-22(27)17-9-7-16(8-10-17)15-5-3-2-4-6-15/h2-13,21H,14H2,1H3,(H,26,27)/t21-/m0/s1. The summed E-state index contributed by atoms with van der Waals surface area (Å²) in [5, 5.41) is 3.31. The van der Waals surface area contributed by atoms with Crippen molar-refractivity contribution in [2.45, 2.75) is 12.5 Å². The molecule has 3 aromatic carbocycles. The van der Waals surface area contributed by atoms with Crippen molar-refractivity contribution in [2.75, 3.05) is 7.11 Å². The molecule has 148 valence electrons. The van der Waals surface area contributed by atoms with Crippen LogP contribution in [0.4, 0.5) is 0 Å². The summed E-state index contributed by atoms with van der Waals surface area (Å²) >= 11 is 9.50. The Morgan fingerprint density at radius 3 is 2.31 bits per heavy atom. The van der Waals surface area contributed by atoms with Crippen LogP contribution in [0.2, 0.25) is 5.02 Å². The lowest BCUT2D eigenvalue weighted by Crippen LogP contribution is -2.43. The first kappa shape index (κ1) is 21.1. The molecule has 0 aliphatic carbocycles. The van der Waals surface area contributed by atoms with E-state index in [1.54, 1.807) is 30.3 Å². The summed E-state index contributed by atoms with van der Waals surface area (Å²) in [6.45, 7) is 0. The first-order valence-corrected chi connectivity index (χ1v) is 10.1. The van der Waals surface area contributed by atoms with Gasteiger partial charge in [0, 0.05) is 21.5 Å². The van der Waals surface area contributed by atoms with Gasteiger partial charge >= 0.3 is 5.97 Å². The number of nitrogens with one attached hydrogen (secondary N) is 1. The van der Waals surface area contributed by atoms with Crippen LogP contribution in [0.5, 0.6) is 0 Å². The summed E-state index contributed by atoms with van der Waals surface area (Å²) in [4.78, 5) is 24.9. The summed E-state index contributed by atoms with van der Waals surface area (Å²) in [5.41, 5.74) is 3.34. The van der Waals surface area contributed by atoms with Crippen LogP contribution >= 0.6 is 27.5 Å². The van der Waals surface area contributed by atoms with Crippen LogP contribution < -0.4 is 5.32 Å². The molecule has 29 heavy (non-hydrogen) atoms. The average molecular weight is 473 g/mol. The highest BCUT2D eigenvalue weighted by Gasteiger charge is 2.23. The highest BCUT2D eigenvalue weighted by molar-refractivity contribution is 9.10. The van der Waals surface area contributed by atoms with Crippen LogP contribution in [0, 0.1) is 0 Å². The van der Waals surface area contributed by atoms with Crippen LogP contribution in [-0.2, 0) is 16.0 Å². The molecule has 0 unspecified atom stereocenters. The molecular weight excluding hydrogens is 454 g/mol. The molecule has 1 N–H and O–H groups in total. The van der Waals surface area contributed by atoms with Gasteiger partial charge in [-0.2, -0.15) is 0 Å². The Hall–Kier alpha value is -2.63. The predicted octanol–water partition coefficient (Wildman–Crippen LogP) is 5.28. The van der Waals surface area contributed by atoms with Crippen molar-refractivity contribution in [3.8, 4) is 11.1 Å². The van der Waals surface area contributed by atoms with Gasteiger partial charge in [0.15, 0.2) is 0 Å². The van der Waals surface area contributed by atoms with Gasteiger partial charge in [-0.15, -0.1) is 0 Å². The number of carbonyl (C=O) groups excluding carboxylic acids is 2. The minimum atomic E-state index is -0.837. The molecule has 3 aromatic rings. The van der Waals surface area contributed by atoms with Gasteiger partial charge in [0.25, 0.3) is 5.91 Å². The number of methoxy groups -OCH3 is 1. The highest BCUT2D eigenvalue weighted by atomic mass is 79.9. The minimum Gasteiger partial charge on any atom is -0.467 e. The van der Waals surface area contributed by atoms with Crippen molar-refractivity contribution in [3.05, 3.63) is 93.4 Å². The van der Waals surface area contributed by atoms with E-state index in [2.05, 4.69) is 21.2 Å². The third-order valence-corrected chi connectivity index (χ3v) is 5.49. The molecule has 0 fully saturated rings. The monoisotopic (exact) mass is 471 g/mol. The summed E-state index contributed by atoms with van der Waals surface area (Å²) in [6, 6.07) is 21.6. The lowest BCUT2D eigenvalue weighted by Gasteiger charge is -2.18. The first-order chi connectivity index (χ1) is 14.0. The van der Waals surface area contributed by atoms with Crippen LogP contribution in [0.1, 0.15) is 15.9 Å². The van der Waals surface area contributed by atoms with E-state index in [1.807, 2.05) is 42.5 Å². The Labute approximate surface area is 183 Å². The topological polar surface area (TPSA) is 55.4 Å². The van der Waals surface area contributed by atoms with Gasteiger partial charge in [-0.3, -0.25) is 4.79 Å². The van der Waals surface area contributed by atoms with Gasteiger partial charge < -0.3 is 10.1 Å². The number of benzene rings is 3. The molecule has 6 heteroatoms. The number of hydrogen-bond acceptors (Lipinski definition) is 3. The SMILES string of the molecule is COC(=O)[C@H](Cc1cc(Cl)ccc1Br)NC(=O)c1ccc(-c2ccccc2)cc1. The molecule has 0 bridgehead atoms. The molecule has 0 aliphatic heterocycles. The van der Waals surface area contributed by atoms with E-state index in [0.29, 0.717) is 10.6 Å². The van der Waals surface area contributed by atoms with E-state index < -0.39 is 12.0 Å². The highest BCUT2D eigenvalue weighted by Crippen LogP contribution is 2.23. The molecule has 0 saturated heterocycles. The second kappa shape index (κ2) is 9.72.